The lowest BCUT2D eigenvalue weighted by molar-refractivity contribution is 0.0697. The van der Waals surface area contributed by atoms with Crippen molar-refractivity contribution in [1.29, 1.82) is 0 Å². The highest BCUT2D eigenvalue weighted by atomic mass is 79.9. The largest absolute Gasteiger partial charge is 0.478 e. The van der Waals surface area contributed by atoms with Crippen LogP contribution in [0.1, 0.15) is 17.3 Å². The van der Waals surface area contributed by atoms with E-state index < -0.39 is 21.8 Å². The number of carboxylic acids is 1. The summed E-state index contributed by atoms with van der Waals surface area (Å²) in [7, 11) is -3.13. The van der Waals surface area contributed by atoms with E-state index in [0.29, 0.717) is 10.2 Å². The summed E-state index contributed by atoms with van der Waals surface area (Å²) in [5.41, 5.74) is 0.470. The summed E-state index contributed by atoms with van der Waals surface area (Å²) in [4.78, 5) is 22.4. The minimum atomic E-state index is -3.13. The molecule has 0 heterocycles. The van der Waals surface area contributed by atoms with Gasteiger partial charge in [-0.3, -0.25) is 0 Å². The molecule has 0 aliphatic rings. The molecule has 0 saturated heterocycles. The van der Waals surface area contributed by atoms with Crippen LogP contribution >= 0.6 is 15.9 Å². The van der Waals surface area contributed by atoms with E-state index in [2.05, 4.69) is 26.6 Å². The molecule has 3 N–H and O–H groups in total. The van der Waals surface area contributed by atoms with E-state index in [1.807, 2.05) is 0 Å². The highest BCUT2D eigenvalue weighted by molar-refractivity contribution is 9.10. The number of nitrogens with one attached hydrogen (secondary N) is 2. The van der Waals surface area contributed by atoms with E-state index in [0.717, 1.165) is 0 Å². The lowest BCUT2D eigenvalue weighted by Gasteiger charge is -2.09. The summed E-state index contributed by atoms with van der Waals surface area (Å²) in [6, 6.07) is 3.59. The van der Waals surface area contributed by atoms with Gasteiger partial charge in [-0.1, -0.05) is 6.92 Å². The van der Waals surface area contributed by atoms with Gasteiger partial charge in [-0.2, -0.15) is 0 Å². The van der Waals surface area contributed by atoms with Crippen LogP contribution in [0.4, 0.5) is 10.5 Å². The normalized spacial score (nSPS) is 11.0. The van der Waals surface area contributed by atoms with E-state index >= 15 is 0 Å². The molecule has 21 heavy (non-hydrogen) atoms. The van der Waals surface area contributed by atoms with E-state index in [1.165, 1.54) is 25.1 Å². The Hall–Kier alpha value is -1.61. The van der Waals surface area contributed by atoms with Crippen LogP contribution in [0.2, 0.25) is 0 Å². The Morgan fingerprint density at radius 3 is 2.52 bits per heavy atom. The Labute approximate surface area is 130 Å². The van der Waals surface area contributed by atoms with Crippen molar-refractivity contribution in [3.63, 3.8) is 0 Å². The smallest absolute Gasteiger partial charge is 0.335 e. The van der Waals surface area contributed by atoms with Gasteiger partial charge in [0.25, 0.3) is 0 Å². The molecular weight excluding hydrogens is 364 g/mol. The van der Waals surface area contributed by atoms with Crippen LogP contribution in [-0.2, 0) is 9.84 Å². The van der Waals surface area contributed by atoms with Crippen molar-refractivity contribution in [2.75, 3.05) is 23.4 Å². The average Bonchev–Trinajstić information content (AvgIpc) is 2.40. The zero-order valence-electron chi connectivity index (χ0n) is 11.2. The molecule has 9 heteroatoms. The van der Waals surface area contributed by atoms with Crippen LogP contribution in [0, 0.1) is 0 Å². The molecule has 2 amide bonds. The SMILES string of the molecule is CCS(=O)(=O)CCNC(=O)Nc1ccc(C(=O)O)cc1Br. The molecule has 1 aromatic rings. The predicted octanol–water partition coefficient (Wildman–Crippen LogP) is 1.70. The van der Waals surface area contributed by atoms with Gasteiger partial charge >= 0.3 is 12.0 Å². The molecular formula is C12H15BrN2O5S. The van der Waals surface area contributed by atoms with Crippen molar-refractivity contribution < 1.29 is 23.1 Å². The van der Waals surface area contributed by atoms with Crippen LogP contribution in [0.3, 0.4) is 0 Å². The molecule has 0 aromatic heterocycles. The molecule has 116 valence electrons. The predicted molar refractivity (Wildman–Crippen MR) is 82.5 cm³/mol. The molecule has 0 spiro atoms. The Morgan fingerprint density at radius 1 is 1.33 bits per heavy atom. The molecule has 0 radical (unpaired) electrons. The van der Waals surface area contributed by atoms with Gasteiger partial charge in [0.2, 0.25) is 0 Å². The van der Waals surface area contributed by atoms with Crippen LogP contribution in [-0.4, -0.2) is 43.6 Å². The second-order valence-corrected chi connectivity index (χ2v) is 7.44. The van der Waals surface area contributed by atoms with Gasteiger partial charge < -0.3 is 15.7 Å². The van der Waals surface area contributed by atoms with Crippen molar-refractivity contribution in [3.8, 4) is 0 Å². The number of benzene rings is 1. The summed E-state index contributed by atoms with van der Waals surface area (Å²) in [6.45, 7) is 1.54. The fourth-order valence-corrected chi connectivity index (χ4v) is 2.56. The number of hydrogen-bond acceptors (Lipinski definition) is 4. The summed E-state index contributed by atoms with van der Waals surface area (Å²) in [6.07, 6.45) is 0. The van der Waals surface area contributed by atoms with Gasteiger partial charge in [0, 0.05) is 16.8 Å². The van der Waals surface area contributed by atoms with Gasteiger partial charge in [-0.25, -0.2) is 18.0 Å². The van der Waals surface area contributed by atoms with E-state index in [9.17, 15) is 18.0 Å². The van der Waals surface area contributed by atoms with Gasteiger partial charge in [0.15, 0.2) is 9.84 Å². The highest BCUT2D eigenvalue weighted by Crippen LogP contribution is 2.23. The third-order valence-corrected chi connectivity index (χ3v) is 4.96. The molecule has 0 aliphatic heterocycles. The first-order chi connectivity index (χ1) is 9.75. The van der Waals surface area contributed by atoms with Crippen molar-refractivity contribution in [1.82, 2.24) is 5.32 Å². The fraction of sp³-hybridized carbons (Fsp3) is 0.333. The summed E-state index contributed by atoms with van der Waals surface area (Å²) in [5, 5.41) is 13.7. The standard InChI is InChI=1S/C12H15BrN2O5S/c1-2-21(19,20)6-5-14-12(18)15-10-4-3-8(11(16)17)7-9(10)13/h3-4,7H,2,5-6H2,1H3,(H,16,17)(H2,14,15,18). The molecule has 1 rings (SSSR count). The average molecular weight is 379 g/mol. The number of urea groups is 1. The van der Waals surface area contributed by atoms with E-state index in [4.69, 9.17) is 5.11 Å². The number of halogens is 1. The first-order valence-electron chi connectivity index (χ1n) is 6.03. The van der Waals surface area contributed by atoms with Crippen LogP contribution in [0.25, 0.3) is 0 Å². The Balaban J connectivity index is 2.58. The number of hydrogen-bond donors (Lipinski definition) is 3. The van der Waals surface area contributed by atoms with E-state index in [1.54, 1.807) is 0 Å². The highest BCUT2D eigenvalue weighted by Gasteiger charge is 2.11. The number of amides is 2. The van der Waals surface area contributed by atoms with Crippen LogP contribution in [0.15, 0.2) is 22.7 Å². The Kier molecular flexibility index (Phi) is 6.16. The molecule has 0 aliphatic carbocycles. The maximum atomic E-state index is 11.6. The van der Waals surface area contributed by atoms with Gasteiger partial charge in [-0.15, -0.1) is 0 Å². The molecule has 0 atom stereocenters. The number of carbonyl (C=O) groups excluding carboxylic acids is 1. The molecule has 0 bridgehead atoms. The zero-order chi connectivity index (χ0) is 16.0. The number of carbonyl (C=O) groups is 2. The number of anilines is 1. The van der Waals surface area contributed by atoms with Crippen LogP contribution in [0.5, 0.6) is 0 Å². The second kappa shape index (κ2) is 7.41. The molecule has 0 saturated carbocycles. The maximum Gasteiger partial charge on any atom is 0.335 e. The number of carboxylic acid groups (broad SMARTS) is 1. The minimum absolute atomic E-state index is 0.00678. The Morgan fingerprint density at radius 2 is 2.00 bits per heavy atom. The first-order valence-corrected chi connectivity index (χ1v) is 8.64. The number of rotatable bonds is 6. The number of sulfone groups is 1. The van der Waals surface area contributed by atoms with Crippen LogP contribution < -0.4 is 10.6 Å². The topological polar surface area (TPSA) is 113 Å². The molecule has 0 fully saturated rings. The zero-order valence-corrected chi connectivity index (χ0v) is 13.6. The van der Waals surface area contributed by atoms with Crippen molar-refractivity contribution in [2.24, 2.45) is 0 Å². The van der Waals surface area contributed by atoms with Crippen molar-refractivity contribution in [3.05, 3.63) is 28.2 Å². The summed E-state index contributed by atoms with van der Waals surface area (Å²) < 4.78 is 22.9. The molecule has 0 unspecified atom stereocenters. The third-order valence-electron chi connectivity index (χ3n) is 2.60. The summed E-state index contributed by atoms with van der Waals surface area (Å²) in [5.74, 6) is -1.18. The lowest BCUT2D eigenvalue weighted by Crippen LogP contribution is -2.33. The summed E-state index contributed by atoms with van der Waals surface area (Å²) >= 11 is 3.15. The second-order valence-electron chi connectivity index (χ2n) is 4.12. The quantitative estimate of drug-likeness (QED) is 0.697. The van der Waals surface area contributed by atoms with E-state index in [-0.39, 0.29) is 23.6 Å². The maximum absolute atomic E-state index is 11.6. The number of aromatic carboxylic acids is 1. The first kappa shape index (κ1) is 17.4. The van der Waals surface area contributed by atoms with Gasteiger partial charge in [0.1, 0.15) is 0 Å². The third kappa shape index (κ3) is 5.72. The molecule has 1 aromatic carbocycles. The van der Waals surface area contributed by atoms with Crippen molar-refractivity contribution >= 4 is 43.5 Å². The lowest BCUT2D eigenvalue weighted by atomic mass is 10.2. The monoisotopic (exact) mass is 378 g/mol. The van der Waals surface area contributed by atoms with Crippen molar-refractivity contribution in [2.45, 2.75) is 6.92 Å². The Bertz CT molecular complexity index is 645. The fourth-order valence-electron chi connectivity index (χ4n) is 1.38. The van der Waals surface area contributed by atoms with Gasteiger partial charge in [0.05, 0.1) is 17.0 Å². The molecule has 7 nitrogen and oxygen atoms in total. The minimum Gasteiger partial charge on any atom is -0.478 e. The van der Waals surface area contributed by atoms with Gasteiger partial charge in [-0.05, 0) is 34.1 Å².